The minimum atomic E-state index is -0.178. The molecular formula is C24H28N2O3S. The molecule has 0 aliphatic carbocycles. The van der Waals surface area contributed by atoms with Gasteiger partial charge < -0.3 is 15.2 Å². The van der Waals surface area contributed by atoms with Crippen LogP contribution in [-0.2, 0) is 4.79 Å². The summed E-state index contributed by atoms with van der Waals surface area (Å²) in [5.74, 6) is 0.809. The average molecular weight is 425 g/mol. The lowest BCUT2D eigenvalue weighted by Crippen LogP contribution is -2.19. The van der Waals surface area contributed by atoms with E-state index in [1.165, 1.54) is 43.9 Å². The molecule has 1 heterocycles. The van der Waals surface area contributed by atoms with Crippen molar-refractivity contribution in [3.05, 3.63) is 59.0 Å². The van der Waals surface area contributed by atoms with Crippen LogP contribution < -0.4 is 10.1 Å². The molecule has 1 aliphatic heterocycles. The van der Waals surface area contributed by atoms with Gasteiger partial charge in [0.2, 0.25) is 0 Å². The number of ether oxygens (including phenoxy) is 1. The molecule has 1 amide bonds. The minimum Gasteiger partial charge on any atom is -0.508 e. The second kappa shape index (κ2) is 11.5. The molecule has 2 N–H and O–H groups in total. The number of amidine groups is 1. The van der Waals surface area contributed by atoms with Crippen LogP contribution in [0, 0.1) is 0 Å². The maximum atomic E-state index is 12.2. The fourth-order valence-corrected chi connectivity index (χ4v) is 3.89. The minimum absolute atomic E-state index is 0.140. The molecule has 5 nitrogen and oxygen atoms in total. The van der Waals surface area contributed by atoms with E-state index in [2.05, 4.69) is 17.2 Å². The SMILES string of the molecule is CCCCCCCCOc1ccc(C=C2SC(=Nc3cccc(O)c3)NC2=O)cc1. The van der Waals surface area contributed by atoms with E-state index in [0.29, 0.717) is 15.8 Å². The highest BCUT2D eigenvalue weighted by Crippen LogP contribution is 2.29. The summed E-state index contributed by atoms with van der Waals surface area (Å²) in [5, 5.41) is 12.8. The third kappa shape index (κ3) is 6.95. The van der Waals surface area contributed by atoms with Gasteiger partial charge in [0.1, 0.15) is 11.5 Å². The standard InChI is InChI=1S/C24H28N2O3S/c1-2-3-4-5-6-7-15-29-21-13-11-18(12-14-21)16-22-23(28)26-24(30-22)25-19-9-8-10-20(27)17-19/h8-14,16-17,27H,2-7,15H2,1H3,(H,25,26,28). The number of hydrogen-bond acceptors (Lipinski definition) is 5. The van der Waals surface area contributed by atoms with Crippen molar-refractivity contribution in [2.75, 3.05) is 6.61 Å². The van der Waals surface area contributed by atoms with Gasteiger partial charge in [0.15, 0.2) is 5.17 Å². The molecule has 0 atom stereocenters. The number of aromatic hydroxyl groups is 1. The first-order valence-corrected chi connectivity index (χ1v) is 11.3. The number of rotatable bonds is 10. The molecule has 0 radical (unpaired) electrons. The second-order valence-electron chi connectivity index (χ2n) is 7.19. The Kier molecular flexibility index (Phi) is 8.39. The third-order valence-electron chi connectivity index (χ3n) is 4.66. The van der Waals surface area contributed by atoms with Gasteiger partial charge in [-0.1, -0.05) is 57.2 Å². The van der Waals surface area contributed by atoms with Gasteiger partial charge in [-0.05, 0) is 54.1 Å². The van der Waals surface area contributed by atoms with E-state index in [1.54, 1.807) is 24.3 Å². The third-order valence-corrected chi connectivity index (χ3v) is 5.57. The Bertz CT molecular complexity index is 907. The van der Waals surface area contributed by atoms with Crippen LogP contribution in [0.15, 0.2) is 58.4 Å². The fraction of sp³-hybridized carbons (Fsp3) is 0.333. The molecular weight excluding hydrogens is 396 g/mol. The first-order chi connectivity index (χ1) is 14.6. The number of nitrogens with zero attached hydrogens (tertiary/aromatic N) is 1. The fourth-order valence-electron chi connectivity index (χ4n) is 3.04. The quantitative estimate of drug-likeness (QED) is 0.361. The number of carbonyl (C=O) groups is 1. The highest BCUT2D eigenvalue weighted by Gasteiger charge is 2.23. The Morgan fingerprint density at radius 1 is 1.07 bits per heavy atom. The Morgan fingerprint density at radius 2 is 1.83 bits per heavy atom. The number of nitrogens with one attached hydrogen (secondary N) is 1. The number of hydrogen-bond donors (Lipinski definition) is 2. The van der Waals surface area contributed by atoms with E-state index < -0.39 is 0 Å². The number of amides is 1. The molecule has 0 spiro atoms. The molecule has 6 heteroatoms. The number of thioether (sulfide) groups is 1. The zero-order chi connectivity index (χ0) is 21.2. The summed E-state index contributed by atoms with van der Waals surface area (Å²) in [6.45, 7) is 2.96. The van der Waals surface area contributed by atoms with Gasteiger partial charge in [-0.3, -0.25) is 4.79 Å². The van der Waals surface area contributed by atoms with Gasteiger partial charge in [-0.2, -0.15) is 0 Å². The highest BCUT2D eigenvalue weighted by molar-refractivity contribution is 8.18. The van der Waals surface area contributed by atoms with Crippen LogP contribution >= 0.6 is 11.8 Å². The number of phenolic OH excluding ortho intramolecular Hbond substituents is 1. The molecule has 1 fully saturated rings. The van der Waals surface area contributed by atoms with E-state index >= 15 is 0 Å². The predicted molar refractivity (Wildman–Crippen MR) is 124 cm³/mol. The van der Waals surface area contributed by atoms with Crippen molar-refractivity contribution >= 4 is 34.6 Å². The number of carbonyl (C=O) groups excluding carboxylic acids is 1. The monoisotopic (exact) mass is 424 g/mol. The van der Waals surface area contributed by atoms with E-state index in [-0.39, 0.29) is 11.7 Å². The summed E-state index contributed by atoms with van der Waals surface area (Å²) in [7, 11) is 0. The molecule has 1 aliphatic rings. The summed E-state index contributed by atoms with van der Waals surface area (Å²) < 4.78 is 5.81. The van der Waals surface area contributed by atoms with Gasteiger partial charge in [-0.25, -0.2) is 4.99 Å². The van der Waals surface area contributed by atoms with Crippen LogP contribution in [0.25, 0.3) is 6.08 Å². The lowest BCUT2D eigenvalue weighted by atomic mass is 10.1. The van der Waals surface area contributed by atoms with E-state index in [4.69, 9.17) is 4.74 Å². The maximum absolute atomic E-state index is 12.2. The number of benzene rings is 2. The summed E-state index contributed by atoms with van der Waals surface area (Å²) in [6, 6.07) is 14.4. The second-order valence-corrected chi connectivity index (χ2v) is 8.22. The van der Waals surface area contributed by atoms with Gasteiger partial charge in [0.05, 0.1) is 17.2 Å². The molecule has 0 unspecified atom stereocenters. The molecule has 3 rings (SSSR count). The normalized spacial score (nSPS) is 16.2. The van der Waals surface area contributed by atoms with Gasteiger partial charge in [-0.15, -0.1) is 0 Å². The van der Waals surface area contributed by atoms with Gasteiger partial charge in [0, 0.05) is 6.07 Å². The molecule has 2 aromatic rings. The number of phenols is 1. The van der Waals surface area contributed by atoms with Crippen LogP contribution in [-0.4, -0.2) is 22.8 Å². The molecule has 0 bridgehead atoms. The Morgan fingerprint density at radius 3 is 2.60 bits per heavy atom. The number of unbranched alkanes of at least 4 members (excludes halogenated alkanes) is 5. The smallest absolute Gasteiger partial charge is 0.264 e. The Labute approximate surface area is 182 Å². The number of aliphatic imine (C=N–C) groups is 1. The van der Waals surface area contributed by atoms with Crippen LogP contribution in [0.1, 0.15) is 51.0 Å². The molecule has 158 valence electrons. The summed E-state index contributed by atoms with van der Waals surface area (Å²) in [4.78, 5) is 17.2. The highest BCUT2D eigenvalue weighted by atomic mass is 32.2. The first kappa shape index (κ1) is 22.0. The summed E-state index contributed by atoms with van der Waals surface area (Å²) in [6.07, 6.45) is 9.30. The van der Waals surface area contributed by atoms with Gasteiger partial charge >= 0.3 is 0 Å². The average Bonchev–Trinajstić information content (AvgIpc) is 3.07. The van der Waals surface area contributed by atoms with E-state index in [1.807, 2.05) is 30.3 Å². The molecule has 0 aromatic heterocycles. The van der Waals surface area contributed by atoms with Crippen molar-refractivity contribution in [1.82, 2.24) is 5.32 Å². The van der Waals surface area contributed by atoms with Crippen molar-refractivity contribution in [2.24, 2.45) is 4.99 Å². The van der Waals surface area contributed by atoms with Crippen LogP contribution in [0.3, 0.4) is 0 Å². The van der Waals surface area contributed by atoms with Crippen molar-refractivity contribution in [3.63, 3.8) is 0 Å². The van der Waals surface area contributed by atoms with Gasteiger partial charge in [0.25, 0.3) is 5.91 Å². The predicted octanol–water partition coefficient (Wildman–Crippen LogP) is 6.02. The van der Waals surface area contributed by atoms with Crippen molar-refractivity contribution in [3.8, 4) is 11.5 Å². The molecule has 1 saturated heterocycles. The lowest BCUT2D eigenvalue weighted by Gasteiger charge is -2.06. The van der Waals surface area contributed by atoms with Crippen molar-refractivity contribution in [1.29, 1.82) is 0 Å². The molecule has 30 heavy (non-hydrogen) atoms. The molecule has 0 saturated carbocycles. The Hall–Kier alpha value is -2.73. The topological polar surface area (TPSA) is 70.9 Å². The lowest BCUT2D eigenvalue weighted by molar-refractivity contribution is -0.115. The van der Waals surface area contributed by atoms with Crippen LogP contribution in [0.4, 0.5) is 5.69 Å². The molecule has 2 aromatic carbocycles. The zero-order valence-corrected chi connectivity index (χ0v) is 18.1. The largest absolute Gasteiger partial charge is 0.508 e. The summed E-state index contributed by atoms with van der Waals surface area (Å²) in [5.41, 5.74) is 1.52. The van der Waals surface area contributed by atoms with E-state index in [9.17, 15) is 9.90 Å². The zero-order valence-electron chi connectivity index (χ0n) is 17.3. The Balaban J connectivity index is 1.51. The van der Waals surface area contributed by atoms with Crippen LogP contribution in [0.2, 0.25) is 0 Å². The van der Waals surface area contributed by atoms with E-state index in [0.717, 1.165) is 24.3 Å². The summed E-state index contributed by atoms with van der Waals surface area (Å²) >= 11 is 1.28. The van der Waals surface area contributed by atoms with Crippen molar-refractivity contribution in [2.45, 2.75) is 45.4 Å². The van der Waals surface area contributed by atoms with Crippen molar-refractivity contribution < 1.29 is 14.6 Å². The van der Waals surface area contributed by atoms with Crippen LogP contribution in [0.5, 0.6) is 11.5 Å². The maximum Gasteiger partial charge on any atom is 0.264 e. The first-order valence-electron chi connectivity index (χ1n) is 10.5.